The van der Waals surface area contributed by atoms with E-state index in [9.17, 15) is 9.18 Å². The molecule has 0 aliphatic heterocycles. The van der Waals surface area contributed by atoms with Gasteiger partial charge in [0, 0.05) is 16.9 Å². The molecule has 0 saturated heterocycles. The highest BCUT2D eigenvalue weighted by Crippen LogP contribution is 2.26. The average molecular weight is 328 g/mol. The van der Waals surface area contributed by atoms with Gasteiger partial charge in [-0.2, -0.15) is 0 Å². The third-order valence-corrected chi connectivity index (χ3v) is 4.68. The molecule has 1 amide bonds. The molecule has 2 unspecified atom stereocenters. The van der Waals surface area contributed by atoms with Gasteiger partial charge in [0.25, 0.3) is 5.91 Å². The Balaban J connectivity index is 2.00. The van der Waals surface area contributed by atoms with E-state index in [0.717, 1.165) is 24.6 Å². The predicted molar refractivity (Wildman–Crippen MR) is 78.1 cm³/mol. The van der Waals surface area contributed by atoms with E-state index in [1.807, 2.05) is 0 Å². The smallest absolute Gasteiger partial charge is 0.251 e. The second-order valence-corrected chi connectivity index (χ2v) is 5.96. The molecular weight excluding hydrogens is 309 g/mol. The highest BCUT2D eigenvalue weighted by Gasteiger charge is 2.23. The van der Waals surface area contributed by atoms with E-state index in [4.69, 9.17) is 0 Å². The van der Waals surface area contributed by atoms with Crippen molar-refractivity contribution in [3.8, 4) is 0 Å². The van der Waals surface area contributed by atoms with Crippen molar-refractivity contribution in [1.29, 1.82) is 0 Å². The third-order valence-electron chi connectivity index (χ3n) is 3.77. The standard InChI is InChI=1S/C15H19BrFNO/c1-10-7-12(17)5-6-14(10)15(19)18-13-4-2-3-11(8-13)9-16/h5-7,11,13H,2-4,8-9H2,1H3,(H,18,19). The van der Waals surface area contributed by atoms with Crippen LogP contribution in [0.1, 0.15) is 41.6 Å². The summed E-state index contributed by atoms with van der Waals surface area (Å²) in [6.45, 7) is 1.76. The number of rotatable bonds is 3. The normalized spacial score (nSPS) is 23.1. The number of carbonyl (C=O) groups is 1. The Labute approximate surface area is 121 Å². The summed E-state index contributed by atoms with van der Waals surface area (Å²) in [6.07, 6.45) is 4.45. The van der Waals surface area contributed by atoms with Gasteiger partial charge in [0.15, 0.2) is 0 Å². The second kappa shape index (κ2) is 6.51. The summed E-state index contributed by atoms with van der Waals surface area (Å²) in [7, 11) is 0. The van der Waals surface area contributed by atoms with E-state index in [1.54, 1.807) is 13.0 Å². The summed E-state index contributed by atoms with van der Waals surface area (Å²) in [5.41, 5.74) is 1.26. The zero-order valence-electron chi connectivity index (χ0n) is 11.1. The number of hydrogen-bond donors (Lipinski definition) is 1. The van der Waals surface area contributed by atoms with Gasteiger partial charge in [-0.05, 0) is 55.9 Å². The minimum atomic E-state index is -0.300. The summed E-state index contributed by atoms with van der Waals surface area (Å²) < 4.78 is 13.0. The Morgan fingerprint density at radius 2 is 2.26 bits per heavy atom. The van der Waals surface area contributed by atoms with Gasteiger partial charge < -0.3 is 5.32 Å². The van der Waals surface area contributed by atoms with Gasteiger partial charge in [0.05, 0.1) is 0 Å². The number of aryl methyl sites for hydroxylation is 1. The maximum atomic E-state index is 13.0. The van der Waals surface area contributed by atoms with E-state index in [0.29, 0.717) is 17.0 Å². The topological polar surface area (TPSA) is 29.1 Å². The molecule has 0 radical (unpaired) electrons. The second-order valence-electron chi connectivity index (χ2n) is 5.32. The molecule has 0 bridgehead atoms. The van der Waals surface area contributed by atoms with Crippen LogP contribution in [0.2, 0.25) is 0 Å². The van der Waals surface area contributed by atoms with Gasteiger partial charge in [-0.15, -0.1) is 0 Å². The number of amides is 1. The van der Waals surface area contributed by atoms with Crippen LogP contribution in [0.4, 0.5) is 4.39 Å². The monoisotopic (exact) mass is 327 g/mol. The fraction of sp³-hybridized carbons (Fsp3) is 0.533. The largest absolute Gasteiger partial charge is 0.349 e. The molecule has 1 aliphatic rings. The zero-order chi connectivity index (χ0) is 13.8. The molecule has 104 valence electrons. The molecule has 2 atom stereocenters. The molecule has 1 aromatic carbocycles. The summed E-state index contributed by atoms with van der Waals surface area (Å²) in [6, 6.07) is 4.54. The van der Waals surface area contributed by atoms with Crippen LogP contribution in [0, 0.1) is 18.7 Å². The van der Waals surface area contributed by atoms with Crippen LogP contribution in [-0.2, 0) is 0 Å². The maximum absolute atomic E-state index is 13.0. The van der Waals surface area contributed by atoms with Gasteiger partial charge in [-0.3, -0.25) is 4.79 Å². The SMILES string of the molecule is Cc1cc(F)ccc1C(=O)NC1CCCC(CBr)C1. The van der Waals surface area contributed by atoms with Crippen LogP contribution >= 0.6 is 15.9 Å². The minimum Gasteiger partial charge on any atom is -0.349 e. The van der Waals surface area contributed by atoms with E-state index < -0.39 is 0 Å². The summed E-state index contributed by atoms with van der Waals surface area (Å²) >= 11 is 3.51. The fourth-order valence-corrected chi connectivity index (χ4v) is 3.30. The number of hydrogen-bond acceptors (Lipinski definition) is 1. The molecule has 4 heteroatoms. The number of benzene rings is 1. The molecule has 0 heterocycles. The van der Waals surface area contributed by atoms with E-state index in [-0.39, 0.29) is 17.8 Å². The van der Waals surface area contributed by atoms with Crippen molar-refractivity contribution in [3.05, 3.63) is 35.1 Å². The van der Waals surface area contributed by atoms with Gasteiger partial charge in [-0.25, -0.2) is 4.39 Å². The van der Waals surface area contributed by atoms with E-state index in [1.165, 1.54) is 18.6 Å². The molecule has 0 aromatic heterocycles. The quantitative estimate of drug-likeness (QED) is 0.840. The number of alkyl halides is 1. The van der Waals surface area contributed by atoms with Crippen molar-refractivity contribution in [2.75, 3.05) is 5.33 Å². The number of halogens is 2. The molecule has 1 aliphatic carbocycles. The molecule has 19 heavy (non-hydrogen) atoms. The highest BCUT2D eigenvalue weighted by atomic mass is 79.9. The van der Waals surface area contributed by atoms with E-state index in [2.05, 4.69) is 21.2 Å². The Morgan fingerprint density at radius 1 is 1.47 bits per heavy atom. The maximum Gasteiger partial charge on any atom is 0.251 e. The first-order valence-corrected chi connectivity index (χ1v) is 7.85. The fourth-order valence-electron chi connectivity index (χ4n) is 2.71. The molecule has 0 spiro atoms. The Hall–Kier alpha value is -0.900. The van der Waals surface area contributed by atoms with Crippen LogP contribution in [0.5, 0.6) is 0 Å². The molecule has 1 saturated carbocycles. The molecule has 2 nitrogen and oxygen atoms in total. The van der Waals surface area contributed by atoms with Crippen LogP contribution in [0.15, 0.2) is 18.2 Å². The molecular formula is C15H19BrFNO. The molecule has 1 N–H and O–H groups in total. The van der Waals surface area contributed by atoms with Crippen LogP contribution in [-0.4, -0.2) is 17.3 Å². The number of nitrogens with one attached hydrogen (secondary N) is 1. The minimum absolute atomic E-state index is 0.0854. The summed E-state index contributed by atoms with van der Waals surface area (Å²) in [4.78, 5) is 12.2. The van der Waals surface area contributed by atoms with Gasteiger partial charge in [0.1, 0.15) is 5.82 Å². The first kappa shape index (κ1) is 14.5. The first-order chi connectivity index (χ1) is 9.10. The average Bonchev–Trinajstić information content (AvgIpc) is 2.38. The van der Waals surface area contributed by atoms with Crippen LogP contribution in [0.25, 0.3) is 0 Å². The van der Waals surface area contributed by atoms with Crippen molar-refractivity contribution in [1.82, 2.24) is 5.32 Å². The van der Waals surface area contributed by atoms with Crippen LogP contribution in [0.3, 0.4) is 0 Å². The molecule has 1 aromatic rings. The van der Waals surface area contributed by atoms with Gasteiger partial charge in [0.2, 0.25) is 0 Å². The van der Waals surface area contributed by atoms with Crippen molar-refractivity contribution < 1.29 is 9.18 Å². The Kier molecular flexibility index (Phi) is 4.97. The van der Waals surface area contributed by atoms with Crippen molar-refractivity contribution in [3.63, 3.8) is 0 Å². The van der Waals surface area contributed by atoms with Crippen LogP contribution < -0.4 is 5.32 Å². The van der Waals surface area contributed by atoms with Crippen molar-refractivity contribution in [2.24, 2.45) is 5.92 Å². The lowest BCUT2D eigenvalue weighted by molar-refractivity contribution is 0.0921. The lowest BCUT2D eigenvalue weighted by atomic mass is 9.87. The molecule has 1 fully saturated rings. The van der Waals surface area contributed by atoms with Crippen molar-refractivity contribution >= 4 is 21.8 Å². The highest BCUT2D eigenvalue weighted by molar-refractivity contribution is 9.09. The van der Waals surface area contributed by atoms with Crippen molar-refractivity contribution in [2.45, 2.75) is 38.6 Å². The lowest BCUT2D eigenvalue weighted by Crippen LogP contribution is -2.39. The zero-order valence-corrected chi connectivity index (χ0v) is 12.7. The van der Waals surface area contributed by atoms with Gasteiger partial charge >= 0.3 is 0 Å². The Bertz CT molecular complexity index is 463. The first-order valence-electron chi connectivity index (χ1n) is 6.73. The Morgan fingerprint density at radius 3 is 2.95 bits per heavy atom. The predicted octanol–water partition coefficient (Wildman–Crippen LogP) is 3.82. The summed E-state index contributed by atoms with van der Waals surface area (Å²) in [5.74, 6) is 0.261. The summed E-state index contributed by atoms with van der Waals surface area (Å²) in [5, 5.41) is 4.07. The lowest BCUT2D eigenvalue weighted by Gasteiger charge is -2.28. The molecule has 2 rings (SSSR count). The third kappa shape index (κ3) is 3.78. The van der Waals surface area contributed by atoms with Gasteiger partial charge in [-0.1, -0.05) is 22.4 Å². The number of carbonyl (C=O) groups excluding carboxylic acids is 1. The van der Waals surface area contributed by atoms with E-state index >= 15 is 0 Å².